The minimum Gasteiger partial charge on any atom is -0.457 e. The minimum atomic E-state index is -1.53. The zero-order valence-electron chi connectivity index (χ0n) is 12.7. The fourth-order valence-electron chi connectivity index (χ4n) is 2.48. The van der Waals surface area contributed by atoms with Gasteiger partial charge in [-0.05, 0) is 45.7 Å². The molecule has 2 N–H and O–H groups in total. The highest BCUT2D eigenvalue weighted by Gasteiger charge is 2.41. The zero-order valence-corrected chi connectivity index (χ0v) is 12.7. The molecule has 1 unspecified atom stereocenters. The van der Waals surface area contributed by atoms with E-state index < -0.39 is 17.2 Å². The number of hydrogen-bond donors (Lipinski definition) is 2. The second-order valence-corrected chi connectivity index (χ2v) is 5.96. The Balaban J connectivity index is 2.65. The van der Waals surface area contributed by atoms with Gasteiger partial charge in [-0.1, -0.05) is 19.8 Å². The molecule has 0 amide bonds. The molecule has 0 aliphatic carbocycles. The molecule has 4 nitrogen and oxygen atoms in total. The third-order valence-electron chi connectivity index (χ3n) is 3.97. The Morgan fingerprint density at radius 3 is 2.65 bits per heavy atom. The Bertz CT molecular complexity index is 355. The van der Waals surface area contributed by atoms with Crippen molar-refractivity contribution in [3.05, 3.63) is 0 Å². The summed E-state index contributed by atoms with van der Waals surface area (Å²) in [6.45, 7) is 5.66. The van der Waals surface area contributed by atoms with Crippen molar-refractivity contribution < 1.29 is 14.6 Å². The maximum Gasteiger partial charge on any atom is 0.339 e. The molecule has 20 heavy (non-hydrogen) atoms. The maximum atomic E-state index is 12.3. The first-order chi connectivity index (χ1) is 9.46. The van der Waals surface area contributed by atoms with E-state index in [-0.39, 0.29) is 6.42 Å². The van der Waals surface area contributed by atoms with Crippen LogP contribution in [0, 0.1) is 12.3 Å². The van der Waals surface area contributed by atoms with Crippen LogP contribution in [-0.2, 0) is 9.53 Å². The van der Waals surface area contributed by atoms with Crippen LogP contribution in [0.25, 0.3) is 0 Å². The van der Waals surface area contributed by atoms with Crippen molar-refractivity contribution in [2.45, 2.75) is 70.0 Å². The fourth-order valence-corrected chi connectivity index (χ4v) is 2.48. The van der Waals surface area contributed by atoms with Crippen molar-refractivity contribution in [3.8, 4) is 12.3 Å². The number of terminal acetylenes is 1. The largest absolute Gasteiger partial charge is 0.457 e. The summed E-state index contributed by atoms with van der Waals surface area (Å²) in [6.07, 6.45) is 10.00. The van der Waals surface area contributed by atoms with E-state index in [0.29, 0.717) is 6.42 Å². The number of unbranched alkanes of at least 4 members (excludes halogenated alkanes) is 2. The summed E-state index contributed by atoms with van der Waals surface area (Å²) < 4.78 is 5.60. The van der Waals surface area contributed by atoms with Crippen LogP contribution in [0.4, 0.5) is 0 Å². The summed E-state index contributed by atoms with van der Waals surface area (Å²) in [5.41, 5.74) is -2.02. The maximum absolute atomic E-state index is 12.3. The van der Waals surface area contributed by atoms with E-state index >= 15 is 0 Å². The van der Waals surface area contributed by atoms with Crippen LogP contribution in [0.1, 0.15) is 58.8 Å². The molecular weight excluding hydrogens is 254 g/mol. The van der Waals surface area contributed by atoms with Crippen LogP contribution < -0.4 is 5.32 Å². The van der Waals surface area contributed by atoms with Gasteiger partial charge in [-0.25, -0.2) is 4.79 Å². The Morgan fingerprint density at radius 2 is 2.10 bits per heavy atom. The number of nitrogens with one attached hydrogen (secondary N) is 1. The summed E-state index contributed by atoms with van der Waals surface area (Å²) >= 11 is 0. The first-order valence-electron chi connectivity index (χ1n) is 7.56. The van der Waals surface area contributed by atoms with Gasteiger partial charge in [-0.3, -0.25) is 0 Å². The standard InChI is InChI=1S/C16H27NO3/c1-4-6-7-9-16(19,8-5-2)14(18)20-15(3)10-12-17-13-11-15/h2,17,19H,4,6-13H2,1,3H3. The van der Waals surface area contributed by atoms with Crippen molar-refractivity contribution in [1.82, 2.24) is 5.32 Å². The summed E-state index contributed by atoms with van der Waals surface area (Å²) in [5, 5.41) is 13.8. The van der Waals surface area contributed by atoms with E-state index in [9.17, 15) is 9.90 Å². The molecule has 1 heterocycles. The van der Waals surface area contributed by atoms with E-state index in [4.69, 9.17) is 11.2 Å². The molecule has 1 fully saturated rings. The monoisotopic (exact) mass is 281 g/mol. The van der Waals surface area contributed by atoms with Crippen LogP contribution in [0.15, 0.2) is 0 Å². The highest BCUT2D eigenvalue weighted by molar-refractivity contribution is 5.80. The number of hydrogen-bond acceptors (Lipinski definition) is 4. The predicted molar refractivity (Wildman–Crippen MR) is 79.1 cm³/mol. The van der Waals surface area contributed by atoms with Crippen LogP contribution in [0.2, 0.25) is 0 Å². The van der Waals surface area contributed by atoms with Gasteiger partial charge in [0.05, 0.1) is 0 Å². The van der Waals surface area contributed by atoms with Crippen LogP contribution in [0.3, 0.4) is 0 Å². The van der Waals surface area contributed by atoms with Gasteiger partial charge < -0.3 is 15.2 Å². The van der Waals surface area contributed by atoms with Crippen molar-refractivity contribution >= 4 is 5.97 Å². The molecule has 114 valence electrons. The summed E-state index contributed by atoms with van der Waals surface area (Å²) in [5.74, 6) is 1.84. The van der Waals surface area contributed by atoms with E-state index in [1.54, 1.807) is 0 Å². The van der Waals surface area contributed by atoms with Crippen LogP contribution in [0.5, 0.6) is 0 Å². The molecule has 0 spiro atoms. The van der Waals surface area contributed by atoms with E-state index in [1.807, 2.05) is 6.92 Å². The molecule has 1 rings (SSSR count). The molecule has 1 atom stereocenters. The minimum absolute atomic E-state index is 0.0177. The smallest absolute Gasteiger partial charge is 0.339 e. The van der Waals surface area contributed by atoms with Gasteiger partial charge in [0.1, 0.15) is 5.60 Å². The molecule has 1 aliphatic heterocycles. The second kappa shape index (κ2) is 7.66. The van der Waals surface area contributed by atoms with Crippen molar-refractivity contribution in [3.63, 3.8) is 0 Å². The third-order valence-corrected chi connectivity index (χ3v) is 3.97. The quantitative estimate of drug-likeness (QED) is 0.426. The van der Waals surface area contributed by atoms with E-state index in [0.717, 1.165) is 45.2 Å². The number of aliphatic hydroxyl groups is 1. The van der Waals surface area contributed by atoms with E-state index in [2.05, 4.69) is 18.2 Å². The highest BCUT2D eigenvalue weighted by Crippen LogP contribution is 2.28. The molecule has 1 aliphatic rings. The van der Waals surface area contributed by atoms with Gasteiger partial charge in [-0.15, -0.1) is 12.3 Å². The third kappa shape index (κ3) is 4.81. The normalized spacial score (nSPS) is 20.7. The molecule has 0 aromatic rings. The molecule has 0 saturated carbocycles. The molecule has 0 bridgehead atoms. The molecule has 4 heteroatoms. The van der Waals surface area contributed by atoms with Gasteiger partial charge in [0, 0.05) is 6.42 Å². The zero-order chi connectivity index (χ0) is 15.1. The molecule has 0 aromatic heterocycles. The average molecular weight is 281 g/mol. The highest BCUT2D eigenvalue weighted by atomic mass is 16.6. The van der Waals surface area contributed by atoms with Gasteiger partial charge in [0.25, 0.3) is 0 Å². The lowest BCUT2D eigenvalue weighted by Gasteiger charge is -2.36. The van der Waals surface area contributed by atoms with Gasteiger partial charge >= 0.3 is 5.97 Å². The summed E-state index contributed by atoms with van der Waals surface area (Å²) in [7, 11) is 0. The lowest BCUT2D eigenvalue weighted by molar-refractivity contribution is -0.183. The topological polar surface area (TPSA) is 58.6 Å². The van der Waals surface area contributed by atoms with Crippen molar-refractivity contribution in [1.29, 1.82) is 0 Å². The number of rotatable bonds is 7. The Hall–Kier alpha value is -1.05. The summed E-state index contributed by atoms with van der Waals surface area (Å²) in [4.78, 5) is 12.3. The fraction of sp³-hybridized carbons (Fsp3) is 0.812. The van der Waals surface area contributed by atoms with Crippen LogP contribution in [-0.4, -0.2) is 35.4 Å². The number of carbonyl (C=O) groups excluding carboxylic acids is 1. The number of esters is 1. The van der Waals surface area contributed by atoms with Gasteiger partial charge in [0.2, 0.25) is 0 Å². The molecule has 0 aromatic carbocycles. The second-order valence-electron chi connectivity index (χ2n) is 5.96. The Morgan fingerprint density at radius 1 is 1.45 bits per heavy atom. The number of piperidine rings is 1. The SMILES string of the molecule is C#CCC(O)(CCCCC)C(=O)OC1(C)CCNCC1. The van der Waals surface area contributed by atoms with Crippen molar-refractivity contribution in [2.24, 2.45) is 0 Å². The first-order valence-corrected chi connectivity index (χ1v) is 7.56. The summed E-state index contributed by atoms with van der Waals surface area (Å²) in [6, 6.07) is 0. The van der Waals surface area contributed by atoms with Crippen LogP contribution >= 0.6 is 0 Å². The lowest BCUT2D eigenvalue weighted by Crippen LogP contribution is -2.48. The Labute approximate surface area is 122 Å². The lowest BCUT2D eigenvalue weighted by atomic mass is 9.91. The predicted octanol–water partition coefficient (Wildman–Crippen LogP) is 2.01. The first kappa shape index (κ1) is 17.0. The van der Waals surface area contributed by atoms with Gasteiger partial charge in [0.15, 0.2) is 5.60 Å². The van der Waals surface area contributed by atoms with Gasteiger partial charge in [-0.2, -0.15) is 0 Å². The molecular formula is C16H27NO3. The van der Waals surface area contributed by atoms with E-state index in [1.165, 1.54) is 0 Å². The Kier molecular flexibility index (Phi) is 6.51. The molecule has 1 saturated heterocycles. The van der Waals surface area contributed by atoms with Crippen molar-refractivity contribution in [2.75, 3.05) is 13.1 Å². The molecule has 0 radical (unpaired) electrons. The number of ether oxygens (including phenoxy) is 1. The number of carbonyl (C=O) groups is 1. The average Bonchev–Trinajstić information content (AvgIpc) is 2.39.